The molecule has 8 nitrogen and oxygen atoms in total. The molecule has 0 atom stereocenters. The molecule has 0 saturated carbocycles. The molecule has 2 amide bonds. The summed E-state index contributed by atoms with van der Waals surface area (Å²) in [6, 6.07) is 16.5. The summed E-state index contributed by atoms with van der Waals surface area (Å²) >= 11 is 0. The lowest BCUT2D eigenvalue weighted by Gasteiger charge is -2.16. The molecule has 0 aliphatic carbocycles. The van der Waals surface area contributed by atoms with E-state index in [4.69, 9.17) is 9.47 Å². The smallest absolute Gasteiger partial charge is 0.255 e. The molecule has 3 aromatic rings. The van der Waals surface area contributed by atoms with Gasteiger partial charge in [-0.15, -0.1) is 0 Å². The summed E-state index contributed by atoms with van der Waals surface area (Å²) in [5.41, 5.74) is 0.946. The second-order valence-corrected chi connectivity index (χ2v) is 6.29. The number of carbonyl (C=O) groups is 2. The number of aromatic nitrogens is 1. The normalized spacial score (nSPS) is 10.2. The minimum absolute atomic E-state index is 0.155. The minimum atomic E-state index is -0.412. The molecule has 30 heavy (non-hydrogen) atoms. The number of hydrogen-bond acceptors (Lipinski definition) is 5. The predicted octanol–water partition coefficient (Wildman–Crippen LogP) is 2.76. The van der Waals surface area contributed by atoms with Crippen LogP contribution in [-0.2, 0) is 11.3 Å². The van der Waals surface area contributed by atoms with E-state index in [2.05, 4.69) is 10.6 Å². The molecule has 0 bridgehead atoms. The van der Waals surface area contributed by atoms with E-state index in [9.17, 15) is 14.4 Å². The third kappa shape index (κ3) is 4.85. The molecule has 1 aromatic heterocycles. The number of ether oxygens (including phenoxy) is 2. The highest BCUT2D eigenvalue weighted by atomic mass is 16.5. The van der Waals surface area contributed by atoms with Crippen LogP contribution in [0.4, 0.5) is 11.4 Å². The Morgan fingerprint density at radius 2 is 1.47 bits per heavy atom. The molecule has 0 radical (unpaired) electrons. The number of hydrogen-bond donors (Lipinski definition) is 2. The molecule has 0 fully saturated rings. The van der Waals surface area contributed by atoms with Gasteiger partial charge in [-0.25, -0.2) is 0 Å². The van der Waals surface area contributed by atoms with Crippen LogP contribution in [0.15, 0.2) is 71.7 Å². The van der Waals surface area contributed by atoms with Gasteiger partial charge >= 0.3 is 0 Å². The fourth-order valence-corrected chi connectivity index (χ4v) is 2.81. The lowest BCUT2D eigenvalue weighted by Crippen LogP contribution is -2.26. The van der Waals surface area contributed by atoms with Crippen LogP contribution < -0.4 is 25.7 Å². The summed E-state index contributed by atoms with van der Waals surface area (Å²) in [6.45, 7) is -0.155. The molecule has 0 unspecified atom stereocenters. The number of anilines is 2. The number of nitrogens with zero attached hydrogens (tertiary/aromatic N) is 1. The van der Waals surface area contributed by atoms with E-state index in [1.165, 1.54) is 31.0 Å². The fourth-order valence-electron chi connectivity index (χ4n) is 2.81. The van der Waals surface area contributed by atoms with Gasteiger partial charge < -0.3 is 24.7 Å². The number of nitrogens with one attached hydrogen (secondary N) is 2. The number of rotatable bonds is 7. The van der Waals surface area contributed by atoms with Crippen molar-refractivity contribution in [3.8, 4) is 11.5 Å². The van der Waals surface area contributed by atoms with Gasteiger partial charge in [0.1, 0.15) is 18.0 Å². The Morgan fingerprint density at radius 1 is 0.867 bits per heavy atom. The Balaban J connectivity index is 1.82. The van der Waals surface area contributed by atoms with Gasteiger partial charge in [0, 0.05) is 30.0 Å². The highest BCUT2D eigenvalue weighted by Crippen LogP contribution is 2.36. The Hall–Kier alpha value is -4.07. The van der Waals surface area contributed by atoms with Crippen molar-refractivity contribution in [2.75, 3.05) is 24.9 Å². The van der Waals surface area contributed by atoms with E-state index in [1.54, 1.807) is 48.5 Å². The third-order valence-electron chi connectivity index (χ3n) is 4.29. The molecular formula is C22H21N3O5. The predicted molar refractivity (Wildman–Crippen MR) is 113 cm³/mol. The second kappa shape index (κ2) is 9.42. The van der Waals surface area contributed by atoms with Crippen LogP contribution >= 0.6 is 0 Å². The van der Waals surface area contributed by atoms with Crippen LogP contribution in [0.25, 0.3) is 0 Å². The maximum absolute atomic E-state index is 12.5. The van der Waals surface area contributed by atoms with Gasteiger partial charge in [-0.1, -0.05) is 24.3 Å². The SMILES string of the molecule is COc1cc(NC(=O)c2ccccc2)c(OC)cc1NC(=O)Cn1ccccc1=O. The summed E-state index contributed by atoms with van der Waals surface area (Å²) < 4.78 is 12.0. The number of amides is 2. The summed E-state index contributed by atoms with van der Waals surface area (Å²) in [7, 11) is 2.90. The highest BCUT2D eigenvalue weighted by molar-refractivity contribution is 6.05. The van der Waals surface area contributed by atoms with Crippen molar-refractivity contribution >= 4 is 23.2 Å². The van der Waals surface area contributed by atoms with Crippen molar-refractivity contribution in [2.45, 2.75) is 6.54 Å². The average Bonchev–Trinajstić information content (AvgIpc) is 2.76. The van der Waals surface area contributed by atoms with Crippen LogP contribution in [0.1, 0.15) is 10.4 Å². The monoisotopic (exact) mass is 407 g/mol. The number of carbonyl (C=O) groups excluding carboxylic acids is 2. The molecule has 8 heteroatoms. The third-order valence-corrected chi connectivity index (χ3v) is 4.29. The van der Waals surface area contributed by atoms with Crippen LogP contribution in [-0.4, -0.2) is 30.6 Å². The van der Waals surface area contributed by atoms with Gasteiger partial charge in [-0.05, 0) is 18.2 Å². The van der Waals surface area contributed by atoms with Crippen molar-refractivity contribution in [1.82, 2.24) is 4.57 Å². The van der Waals surface area contributed by atoms with Gasteiger partial charge in [0.05, 0.1) is 25.6 Å². The van der Waals surface area contributed by atoms with E-state index in [0.717, 1.165) is 0 Å². The molecule has 0 spiro atoms. The maximum Gasteiger partial charge on any atom is 0.255 e. The number of methoxy groups -OCH3 is 2. The quantitative estimate of drug-likeness (QED) is 0.628. The van der Waals surface area contributed by atoms with Crippen LogP contribution in [0.3, 0.4) is 0 Å². The van der Waals surface area contributed by atoms with Crippen molar-refractivity contribution in [3.05, 3.63) is 82.8 Å². The molecule has 0 aliphatic rings. The van der Waals surface area contributed by atoms with Gasteiger partial charge in [-0.2, -0.15) is 0 Å². The van der Waals surface area contributed by atoms with Crippen molar-refractivity contribution < 1.29 is 19.1 Å². The van der Waals surface area contributed by atoms with Crippen LogP contribution in [0.5, 0.6) is 11.5 Å². The average molecular weight is 407 g/mol. The van der Waals surface area contributed by atoms with Gasteiger partial charge in [0.25, 0.3) is 11.5 Å². The standard InChI is InChI=1S/C22H21N3O5/c1-29-18-13-17(24-22(28)15-8-4-3-5-9-15)19(30-2)12-16(18)23-20(26)14-25-11-7-6-10-21(25)27/h3-13H,14H2,1-2H3,(H,23,26)(H,24,28). The zero-order valence-corrected chi connectivity index (χ0v) is 16.5. The van der Waals surface area contributed by atoms with Gasteiger partial charge in [0.15, 0.2) is 0 Å². The summed E-state index contributed by atoms with van der Waals surface area (Å²) in [5.74, 6) is -0.0545. The first-order chi connectivity index (χ1) is 14.5. The Morgan fingerprint density at radius 3 is 2.07 bits per heavy atom. The lowest BCUT2D eigenvalue weighted by molar-refractivity contribution is -0.116. The first kappa shape index (κ1) is 20.7. The summed E-state index contributed by atoms with van der Waals surface area (Å²) in [5, 5.41) is 5.49. The van der Waals surface area contributed by atoms with E-state index in [0.29, 0.717) is 28.4 Å². The number of benzene rings is 2. The second-order valence-electron chi connectivity index (χ2n) is 6.29. The molecule has 1 heterocycles. The first-order valence-electron chi connectivity index (χ1n) is 9.09. The van der Waals surface area contributed by atoms with Crippen LogP contribution in [0.2, 0.25) is 0 Å². The van der Waals surface area contributed by atoms with Crippen molar-refractivity contribution in [1.29, 1.82) is 0 Å². The fraction of sp³-hybridized carbons (Fsp3) is 0.136. The summed E-state index contributed by atoms with van der Waals surface area (Å²) in [6.07, 6.45) is 1.53. The Kier molecular flexibility index (Phi) is 6.49. The molecule has 2 aromatic carbocycles. The van der Waals surface area contributed by atoms with E-state index < -0.39 is 5.91 Å². The zero-order valence-electron chi connectivity index (χ0n) is 16.5. The lowest BCUT2D eigenvalue weighted by atomic mass is 10.2. The minimum Gasteiger partial charge on any atom is -0.494 e. The molecular weight excluding hydrogens is 386 g/mol. The topological polar surface area (TPSA) is 98.7 Å². The molecule has 2 N–H and O–H groups in total. The van der Waals surface area contributed by atoms with Gasteiger partial charge in [0.2, 0.25) is 5.91 Å². The molecule has 0 saturated heterocycles. The largest absolute Gasteiger partial charge is 0.494 e. The Labute approximate surface area is 173 Å². The molecule has 3 rings (SSSR count). The van der Waals surface area contributed by atoms with Crippen molar-refractivity contribution in [2.24, 2.45) is 0 Å². The maximum atomic E-state index is 12.5. The Bertz CT molecular complexity index is 1110. The van der Waals surface area contributed by atoms with Gasteiger partial charge in [-0.3, -0.25) is 14.4 Å². The van der Waals surface area contributed by atoms with E-state index in [1.807, 2.05) is 6.07 Å². The van der Waals surface area contributed by atoms with E-state index in [-0.39, 0.29) is 18.0 Å². The zero-order chi connectivity index (χ0) is 21.5. The highest BCUT2D eigenvalue weighted by Gasteiger charge is 2.16. The molecule has 154 valence electrons. The summed E-state index contributed by atoms with van der Waals surface area (Å²) in [4.78, 5) is 36.7. The van der Waals surface area contributed by atoms with E-state index >= 15 is 0 Å². The first-order valence-corrected chi connectivity index (χ1v) is 9.09. The number of pyridine rings is 1. The van der Waals surface area contributed by atoms with Crippen molar-refractivity contribution in [3.63, 3.8) is 0 Å². The van der Waals surface area contributed by atoms with Crippen LogP contribution in [0, 0.1) is 0 Å². The molecule has 0 aliphatic heterocycles.